The van der Waals surface area contributed by atoms with Crippen molar-refractivity contribution in [3.8, 4) is 0 Å². The molecule has 1 aromatic carbocycles. The predicted molar refractivity (Wildman–Crippen MR) is 76.7 cm³/mol. The summed E-state index contributed by atoms with van der Waals surface area (Å²) in [5.41, 5.74) is 0.980. The Morgan fingerprint density at radius 1 is 1.50 bits per heavy atom. The predicted octanol–water partition coefficient (Wildman–Crippen LogP) is 3.41. The number of nitrogens with zero attached hydrogens (tertiary/aromatic N) is 1. The summed E-state index contributed by atoms with van der Waals surface area (Å²) in [6.07, 6.45) is 5.02. The number of amides is 1. The van der Waals surface area contributed by atoms with Crippen LogP contribution in [0.25, 0.3) is 0 Å². The van der Waals surface area contributed by atoms with Gasteiger partial charge in [0.2, 0.25) is 5.91 Å². The molecule has 20 heavy (non-hydrogen) atoms. The average molecular weight is 275 g/mol. The van der Waals surface area contributed by atoms with E-state index in [0.29, 0.717) is 18.4 Å². The topological polar surface area (TPSA) is 20.3 Å². The second kappa shape index (κ2) is 5.55. The lowest BCUT2D eigenvalue weighted by Crippen LogP contribution is -2.38. The minimum Gasteiger partial charge on any atom is -0.339 e. The molecule has 1 saturated carbocycles. The van der Waals surface area contributed by atoms with Crippen LogP contribution in [0, 0.1) is 17.7 Å². The van der Waals surface area contributed by atoms with Gasteiger partial charge in [-0.2, -0.15) is 0 Å². The van der Waals surface area contributed by atoms with Crippen LogP contribution in [0.4, 0.5) is 4.39 Å². The highest BCUT2D eigenvalue weighted by molar-refractivity contribution is 5.77. The van der Waals surface area contributed by atoms with Crippen LogP contribution in [0.2, 0.25) is 0 Å². The van der Waals surface area contributed by atoms with E-state index in [0.717, 1.165) is 30.9 Å². The molecule has 2 fully saturated rings. The third-order valence-electron chi connectivity index (χ3n) is 4.58. The largest absolute Gasteiger partial charge is 0.339 e. The molecule has 3 atom stereocenters. The first-order valence-electron chi connectivity index (χ1n) is 7.67. The van der Waals surface area contributed by atoms with Gasteiger partial charge in [-0.05, 0) is 55.2 Å². The Morgan fingerprint density at radius 3 is 3.15 bits per heavy atom. The van der Waals surface area contributed by atoms with Crippen LogP contribution in [0.3, 0.4) is 0 Å². The number of piperidine rings is 1. The third-order valence-corrected chi connectivity index (χ3v) is 4.58. The van der Waals surface area contributed by atoms with Crippen molar-refractivity contribution in [3.63, 3.8) is 0 Å². The van der Waals surface area contributed by atoms with Gasteiger partial charge in [-0.15, -0.1) is 0 Å². The van der Waals surface area contributed by atoms with Crippen LogP contribution >= 0.6 is 0 Å². The lowest BCUT2D eigenvalue weighted by molar-refractivity contribution is -0.133. The number of benzene rings is 1. The molecule has 2 aliphatic rings. The minimum atomic E-state index is -0.196. The van der Waals surface area contributed by atoms with E-state index in [-0.39, 0.29) is 11.7 Å². The van der Waals surface area contributed by atoms with Crippen molar-refractivity contribution in [2.45, 2.75) is 45.1 Å². The Labute approximate surface area is 120 Å². The zero-order valence-corrected chi connectivity index (χ0v) is 12.0. The Bertz CT molecular complexity index is 502. The van der Waals surface area contributed by atoms with Crippen LogP contribution in [0.15, 0.2) is 24.3 Å². The van der Waals surface area contributed by atoms with Crippen molar-refractivity contribution in [1.82, 2.24) is 4.90 Å². The van der Waals surface area contributed by atoms with Gasteiger partial charge in [0.05, 0.1) is 0 Å². The number of fused-ring (bicyclic) bond motifs is 1. The van der Waals surface area contributed by atoms with E-state index in [4.69, 9.17) is 0 Å². The molecule has 1 heterocycles. The van der Waals surface area contributed by atoms with E-state index in [9.17, 15) is 9.18 Å². The van der Waals surface area contributed by atoms with Gasteiger partial charge in [-0.3, -0.25) is 4.79 Å². The second-order valence-corrected chi connectivity index (χ2v) is 6.44. The zero-order chi connectivity index (χ0) is 14.1. The molecular formula is C17H22FNO. The molecule has 3 rings (SSSR count). The van der Waals surface area contributed by atoms with Gasteiger partial charge in [-0.1, -0.05) is 19.1 Å². The molecule has 0 spiro atoms. The summed E-state index contributed by atoms with van der Waals surface area (Å²) in [7, 11) is 0. The molecule has 1 amide bonds. The summed E-state index contributed by atoms with van der Waals surface area (Å²) in [6, 6.07) is 7.23. The number of likely N-dealkylation sites (tertiary alicyclic amines) is 1. The third kappa shape index (κ3) is 3.02. The van der Waals surface area contributed by atoms with Gasteiger partial charge in [0.1, 0.15) is 5.82 Å². The second-order valence-electron chi connectivity index (χ2n) is 6.44. The van der Waals surface area contributed by atoms with E-state index in [1.807, 2.05) is 6.07 Å². The molecule has 3 heteroatoms. The lowest BCUT2D eigenvalue weighted by Gasteiger charge is -2.28. The quantitative estimate of drug-likeness (QED) is 0.824. The Balaban J connectivity index is 1.53. The van der Waals surface area contributed by atoms with Gasteiger partial charge >= 0.3 is 0 Å². The van der Waals surface area contributed by atoms with E-state index in [2.05, 4.69) is 11.8 Å². The summed E-state index contributed by atoms with van der Waals surface area (Å²) in [6.45, 7) is 3.02. The molecule has 0 bridgehead atoms. The highest BCUT2D eigenvalue weighted by Gasteiger charge is 2.45. The van der Waals surface area contributed by atoms with Crippen molar-refractivity contribution in [2.24, 2.45) is 11.8 Å². The van der Waals surface area contributed by atoms with Gasteiger partial charge in [-0.25, -0.2) is 4.39 Å². The molecule has 1 saturated heterocycles. The van der Waals surface area contributed by atoms with Crippen molar-refractivity contribution < 1.29 is 9.18 Å². The molecule has 0 radical (unpaired) electrons. The summed E-state index contributed by atoms with van der Waals surface area (Å²) >= 11 is 0. The summed E-state index contributed by atoms with van der Waals surface area (Å²) < 4.78 is 13.2. The molecule has 0 N–H and O–H groups in total. The first-order valence-corrected chi connectivity index (χ1v) is 7.67. The van der Waals surface area contributed by atoms with Gasteiger partial charge in [0, 0.05) is 19.0 Å². The molecule has 0 aromatic heterocycles. The average Bonchev–Trinajstić information content (AvgIpc) is 3.17. The van der Waals surface area contributed by atoms with Crippen molar-refractivity contribution >= 4 is 5.91 Å². The number of rotatable bonds is 4. The lowest BCUT2D eigenvalue weighted by atomic mass is 9.97. The van der Waals surface area contributed by atoms with E-state index >= 15 is 0 Å². The smallest absolute Gasteiger partial charge is 0.223 e. The van der Waals surface area contributed by atoms with Gasteiger partial charge in [0.15, 0.2) is 0 Å². The first-order chi connectivity index (χ1) is 9.63. The van der Waals surface area contributed by atoms with Crippen LogP contribution in [0.5, 0.6) is 0 Å². The Morgan fingerprint density at radius 2 is 2.35 bits per heavy atom. The summed E-state index contributed by atoms with van der Waals surface area (Å²) in [5.74, 6) is 1.15. The maximum atomic E-state index is 13.2. The number of hydrogen-bond acceptors (Lipinski definition) is 1. The Kier molecular flexibility index (Phi) is 3.77. The molecule has 1 aliphatic carbocycles. The van der Waals surface area contributed by atoms with E-state index in [1.165, 1.54) is 18.9 Å². The molecule has 108 valence electrons. The van der Waals surface area contributed by atoms with Crippen LogP contribution in [0.1, 0.15) is 38.2 Å². The summed E-state index contributed by atoms with van der Waals surface area (Å²) in [4.78, 5) is 14.4. The highest BCUT2D eigenvalue weighted by atomic mass is 19.1. The zero-order valence-electron chi connectivity index (χ0n) is 12.0. The molecule has 1 aliphatic heterocycles. The maximum Gasteiger partial charge on any atom is 0.223 e. The van der Waals surface area contributed by atoms with Crippen molar-refractivity contribution in [3.05, 3.63) is 35.6 Å². The minimum absolute atomic E-state index is 0.196. The van der Waals surface area contributed by atoms with Crippen molar-refractivity contribution in [1.29, 1.82) is 0 Å². The fourth-order valence-corrected chi connectivity index (χ4v) is 3.48. The molecule has 2 nitrogen and oxygen atoms in total. The highest BCUT2D eigenvalue weighted by Crippen LogP contribution is 2.43. The van der Waals surface area contributed by atoms with Crippen molar-refractivity contribution in [2.75, 3.05) is 6.54 Å². The number of carbonyl (C=O) groups is 1. The monoisotopic (exact) mass is 275 g/mol. The molecule has 3 unspecified atom stereocenters. The standard InChI is InChI=1S/C17H22FNO/c1-12(8-13-4-2-6-15(18)10-13)9-17(20)19-7-3-5-14-11-16(14)19/h2,4,6,10,12,14,16H,3,5,7-9,11H2,1H3. The van der Waals surface area contributed by atoms with E-state index in [1.54, 1.807) is 12.1 Å². The maximum absolute atomic E-state index is 13.2. The number of halogens is 1. The number of hydrogen-bond donors (Lipinski definition) is 0. The van der Waals surface area contributed by atoms with E-state index < -0.39 is 0 Å². The normalized spacial score (nSPS) is 26.0. The van der Waals surface area contributed by atoms with Crippen LogP contribution in [-0.4, -0.2) is 23.4 Å². The Hall–Kier alpha value is -1.38. The number of carbonyl (C=O) groups excluding carboxylic acids is 1. The fourth-order valence-electron chi connectivity index (χ4n) is 3.48. The fraction of sp³-hybridized carbons (Fsp3) is 0.588. The van der Waals surface area contributed by atoms with Crippen LogP contribution < -0.4 is 0 Å². The first kappa shape index (κ1) is 13.6. The molecular weight excluding hydrogens is 253 g/mol. The summed E-state index contributed by atoms with van der Waals surface area (Å²) in [5, 5.41) is 0. The molecule has 1 aromatic rings. The van der Waals surface area contributed by atoms with Gasteiger partial charge in [0.25, 0.3) is 0 Å². The SMILES string of the molecule is CC(CC(=O)N1CCCC2CC21)Cc1cccc(F)c1. The van der Waals surface area contributed by atoms with Gasteiger partial charge < -0.3 is 4.90 Å². The van der Waals surface area contributed by atoms with Crippen LogP contribution in [-0.2, 0) is 11.2 Å².